The van der Waals surface area contributed by atoms with Gasteiger partial charge in [0.15, 0.2) is 5.78 Å². The van der Waals surface area contributed by atoms with Crippen LogP contribution in [-0.4, -0.2) is 24.5 Å². The number of aliphatic imine (C=N–C) groups is 1. The maximum atomic E-state index is 13.3. The number of ketones is 1. The van der Waals surface area contributed by atoms with Crippen molar-refractivity contribution >= 4 is 23.1 Å². The fourth-order valence-electron chi connectivity index (χ4n) is 4.34. The molecule has 1 unspecified atom stereocenters. The Balaban J connectivity index is 1.38. The molecule has 0 radical (unpaired) electrons. The van der Waals surface area contributed by atoms with Crippen molar-refractivity contribution in [2.45, 2.75) is 38.1 Å². The Kier molecular flexibility index (Phi) is 6.75. The van der Waals surface area contributed by atoms with Gasteiger partial charge in [-0.2, -0.15) is 0 Å². The summed E-state index contributed by atoms with van der Waals surface area (Å²) in [5.41, 5.74) is 3.19. The monoisotopic (exact) mass is 513 g/mol. The van der Waals surface area contributed by atoms with Crippen molar-refractivity contribution in [3.63, 3.8) is 0 Å². The van der Waals surface area contributed by atoms with E-state index in [0.29, 0.717) is 40.3 Å². The number of benzene rings is 3. The molecule has 1 atom stereocenters. The highest BCUT2D eigenvalue weighted by molar-refractivity contribution is 6.34. The van der Waals surface area contributed by atoms with Crippen molar-refractivity contribution in [3.8, 4) is 22.6 Å². The lowest BCUT2D eigenvalue weighted by atomic mass is 9.98. The first-order chi connectivity index (χ1) is 17.3. The lowest BCUT2D eigenvalue weighted by Crippen LogP contribution is -2.18. The van der Waals surface area contributed by atoms with Crippen LogP contribution in [0.15, 0.2) is 71.7 Å². The van der Waals surface area contributed by atoms with Gasteiger partial charge in [0.1, 0.15) is 18.1 Å². The normalized spacial score (nSPS) is 17.6. The Hall–Kier alpha value is -3.32. The molecule has 3 aromatic carbocycles. The average molecular weight is 514 g/mol. The predicted molar refractivity (Wildman–Crippen MR) is 132 cm³/mol. The molecule has 186 valence electrons. The number of Topliss-reactive ketones (excluding diaryl/α,β-unsaturated/α-hetero) is 1. The van der Waals surface area contributed by atoms with E-state index in [1.807, 2.05) is 18.2 Å². The minimum atomic E-state index is -4.84. The lowest BCUT2D eigenvalue weighted by molar-refractivity contribution is -0.274. The van der Waals surface area contributed by atoms with Crippen molar-refractivity contribution in [3.05, 3.63) is 82.9 Å². The SMILES string of the molecule is O=C(COc1ccc(-c2ccc(C3CCC(c4ccccc4Cl)=N3)c(OC(F)(F)F)c2)cc1)C1CC1. The van der Waals surface area contributed by atoms with E-state index in [1.54, 1.807) is 42.5 Å². The largest absolute Gasteiger partial charge is 0.573 e. The Labute approximate surface area is 211 Å². The summed E-state index contributed by atoms with van der Waals surface area (Å²) in [4.78, 5) is 16.5. The first kappa shape index (κ1) is 24.4. The standard InChI is InChI=1S/C28H23ClF3NO3/c29-23-4-2-1-3-21(23)24-13-14-25(33-24)22-12-9-19(15-27(22)36-28(30,31)32)17-7-10-20(11-8-17)35-16-26(34)18-5-6-18/h1-4,7-12,15,18,25H,5-6,13-14,16H2. The number of carbonyl (C=O) groups excluding carboxylic acids is 1. The molecular weight excluding hydrogens is 491 g/mol. The van der Waals surface area contributed by atoms with Crippen LogP contribution in [0.25, 0.3) is 11.1 Å². The molecule has 36 heavy (non-hydrogen) atoms. The third-order valence-corrected chi connectivity index (χ3v) is 6.68. The van der Waals surface area contributed by atoms with E-state index >= 15 is 0 Å². The third kappa shape index (κ3) is 5.73. The smallest absolute Gasteiger partial charge is 0.486 e. The Morgan fingerprint density at radius 2 is 1.69 bits per heavy atom. The number of hydrogen-bond donors (Lipinski definition) is 0. The van der Waals surface area contributed by atoms with E-state index in [-0.39, 0.29) is 24.1 Å². The van der Waals surface area contributed by atoms with Crippen molar-refractivity contribution in [2.24, 2.45) is 10.9 Å². The van der Waals surface area contributed by atoms with Gasteiger partial charge in [-0.3, -0.25) is 9.79 Å². The zero-order valence-electron chi connectivity index (χ0n) is 19.2. The maximum absolute atomic E-state index is 13.3. The Morgan fingerprint density at radius 1 is 0.972 bits per heavy atom. The molecule has 0 amide bonds. The number of rotatable bonds is 8. The molecule has 1 aliphatic carbocycles. The van der Waals surface area contributed by atoms with Crippen LogP contribution in [0.5, 0.6) is 11.5 Å². The average Bonchev–Trinajstić information content (AvgIpc) is 3.60. The fraction of sp³-hybridized carbons (Fsp3) is 0.286. The van der Waals surface area contributed by atoms with Crippen LogP contribution in [0.2, 0.25) is 5.02 Å². The molecule has 0 spiro atoms. The van der Waals surface area contributed by atoms with Gasteiger partial charge in [0.2, 0.25) is 0 Å². The van der Waals surface area contributed by atoms with Gasteiger partial charge in [0, 0.05) is 27.8 Å². The second-order valence-corrected chi connectivity index (χ2v) is 9.37. The van der Waals surface area contributed by atoms with Crippen LogP contribution in [-0.2, 0) is 4.79 Å². The van der Waals surface area contributed by atoms with Gasteiger partial charge >= 0.3 is 6.36 Å². The van der Waals surface area contributed by atoms with Gasteiger partial charge in [0.25, 0.3) is 0 Å². The maximum Gasteiger partial charge on any atom is 0.573 e. The second-order valence-electron chi connectivity index (χ2n) is 8.96. The van der Waals surface area contributed by atoms with Gasteiger partial charge in [-0.1, -0.05) is 54.1 Å². The molecule has 0 N–H and O–H groups in total. The summed E-state index contributed by atoms with van der Waals surface area (Å²) in [5.74, 6) is 0.476. The van der Waals surface area contributed by atoms with Gasteiger partial charge < -0.3 is 9.47 Å². The molecule has 1 heterocycles. The summed E-state index contributed by atoms with van der Waals surface area (Å²) in [6.07, 6.45) is -1.83. The second kappa shape index (κ2) is 9.97. The molecule has 4 nitrogen and oxygen atoms in total. The van der Waals surface area contributed by atoms with Crippen molar-refractivity contribution in [2.75, 3.05) is 6.61 Å². The van der Waals surface area contributed by atoms with E-state index in [2.05, 4.69) is 9.73 Å². The molecule has 1 aliphatic heterocycles. The van der Waals surface area contributed by atoms with Gasteiger partial charge in [0.05, 0.1) is 6.04 Å². The number of halogens is 4. The van der Waals surface area contributed by atoms with Crippen molar-refractivity contribution in [1.82, 2.24) is 0 Å². The highest BCUT2D eigenvalue weighted by Crippen LogP contribution is 2.41. The molecule has 0 saturated heterocycles. The molecule has 3 aromatic rings. The van der Waals surface area contributed by atoms with Crippen molar-refractivity contribution in [1.29, 1.82) is 0 Å². The zero-order valence-corrected chi connectivity index (χ0v) is 20.0. The molecular formula is C28H23ClF3NO3. The molecule has 0 aromatic heterocycles. The van der Waals surface area contributed by atoms with Crippen LogP contribution in [0.1, 0.15) is 42.9 Å². The first-order valence-electron chi connectivity index (χ1n) is 11.7. The Morgan fingerprint density at radius 3 is 2.39 bits per heavy atom. The van der Waals surface area contributed by atoms with Gasteiger partial charge in [-0.15, -0.1) is 13.2 Å². The Bertz CT molecular complexity index is 1300. The predicted octanol–water partition coefficient (Wildman–Crippen LogP) is 7.59. The topological polar surface area (TPSA) is 47.9 Å². The highest BCUT2D eigenvalue weighted by Gasteiger charge is 2.34. The van der Waals surface area contributed by atoms with Crippen LogP contribution in [0.4, 0.5) is 13.2 Å². The van der Waals surface area contributed by atoms with E-state index < -0.39 is 12.4 Å². The van der Waals surface area contributed by atoms with E-state index in [0.717, 1.165) is 24.1 Å². The molecule has 8 heteroatoms. The summed E-state index contributed by atoms with van der Waals surface area (Å²) in [6.45, 7) is 0.0281. The van der Waals surface area contributed by atoms with Crippen LogP contribution >= 0.6 is 11.6 Å². The van der Waals surface area contributed by atoms with E-state index in [4.69, 9.17) is 16.3 Å². The van der Waals surface area contributed by atoms with Crippen molar-refractivity contribution < 1.29 is 27.4 Å². The van der Waals surface area contributed by atoms with E-state index in [1.165, 1.54) is 6.07 Å². The molecule has 1 fully saturated rings. The zero-order chi connectivity index (χ0) is 25.3. The van der Waals surface area contributed by atoms with Crippen LogP contribution < -0.4 is 9.47 Å². The van der Waals surface area contributed by atoms with Gasteiger partial charge in [-0.25, -0.2) is 0 Å². The highest BCUT2D eigenvalue weighted by atomic mass is 35.5. The fourth-order valence-corrected chi connectivity index (χ4v) is 4.58. The van der Waals surface area contributed by atoms with Gasteiger partial charge in [-0.05, 0) is 61.1 Å². The number of ether oxygens (including phenoxy) is 2. The quantitative estimate of drug-likeness (QED) is 0.312. The number of alkyl halides is 3. The summed E-state index contributed by atoms with van der Waals surface area (Å²) in [6, 6.07) is 18.5. The summed E-state index contributed by atoms with van der Waals surface area (Å²) in [7, 11) is 0. The van der Waals surface area contributed by atoms with E-state index in [9.17, 15) is 18.0 Å². The lowest BCUT2D eigenvalue weighted by Gasteiger charge is -2.17. The van der Waals surface area contributed by atoms with Crippen LogP contribution in [0.3, 0.4) is 0 Å². The number of carbonyl (C=O) groups is 1. The molecule has 2 aliphatic rings. The molecule has 0 bridgehead atoms. The summed E-state index contributed by atoms with van der Waals surface area (Å²) < 4.78 is 49.8. The van der Waals surface area contributed by atoms with Crippen LogP contribution in [0, 0.1) is 5.92 Å². The minimum Gasteiger partial charge on any atom is -0.486 e. The summed E-state index contributed by atoms with van der Waals surface area (Å²) >= 11 is 6.29. The molecule has 5 rings (SSSR count). The summed E-state index contributed by atoms with van der Waals surface area (Å²) in [5, 5.41) is 0.559. The minimum absolute atomic E-state index is 0.0281. The molecule has 1 saturated carbocycles. The number of hydrogen-bond acceptors (Lipinski definition) is 4. The first-order valence-corrected chi connectivity index (χ1v) is 12.1. The number of nitrogens with zero attached hydrogens (tertiary/aromatic N) is 1. The third-order valence-electron chi connectivity index (χ3n) is 6.35.